The van der Waals surface area contributed by atoms with Crippen LogP contribution in [-0.4, -0.2) is 43.1 Å². The van der Waals surface area contributed by atoms with Crippen molar-refractivity contribution >= 4 is 50.0 Å². The third-order valence-electron chi connectivity index (χ3n) is 5.04. The van der Waals surface area contributed by atoms with Gasteiger partial charge in [0.25, 0.3) is 0 Å². The number of hydrogen-bond donors (Lipinski definition) is 1. The van der Waals surface area contributed by atoms with E-state index in [4.69, 9.17) is 11.6 Å². The zero-order chi connectivity index (χ0) is 20.7. The van der Waals surface area contributed by atoms with Gasteiger partial charge in [0.15, 0.2) is 16.4 Å². The molecule has 9 nitrogen and oxygen atoms in total. The molecule has 1 aliphatic heterocycles. The predicted molar refractivity (Wildman–Crippen MR) is 115 cm³/mol. The minimum absolute atomic E-state index is 0.173. The van der Waals surface area contributed by atoms with Crippen molar-refractivity contribution in [1.29, 1.82) is 0 Å². The van der Waals surface area contributed by atoms with Gasteiger partial charge < -0.3 is 10.2 Å². The highest BCUT2D eigenvalue weighted by Crippen LogP contribution is 2.31. The number of rotatable bonds is 5. The monoisotopic (exact) mass is 443 g/mol. The highest BCUT2D eigenvalue weighted by molar-refractivity contribution is 7.22. The fraction of sp³-hybridized carbons (Fsp3) is 0.316. The average molecular weight is 444 g/mol. The molecule has 30 heavy (non-hydrogen) atoms. The van der Waals surface area contributed by atoms with Crippen LogP contribution in [0.1, 0.15) is 18.4 Å². The molecular formula is C19H18ClN7O2S. The molecule has 0 unspecified atom stereocenters. The van der Waals surface area contributed by atoms with Gasteiger partial charge in [0.05, 0.1) is 0 Å². The average Bonchev–Trinajstić information content (AvgIpc) is 3.47. The molecule has 154 valence electrons. The van der Waals surface area contributed by atoms with E-state index in [1.165, 1.54) is 22.1 Å². The van der Waals surface area contributed by atoms with E-state index in [-0.39, 0.29) is 12.5 Å². The number of aromatic nitrogens is 5. The fourth-order valence-electron chi connectivity index (χ4n) is 3.47. The number of benzene rings is 1. The number of hydrogen-bond acceptors (Lipinski definition) is 7. The lowest BCUT2D eigenvalue weighted by atomic mass is 10.2. The maximum Gasteiger partial charge on any atom is 0.352 e. The zero-order valence-electron chi connectivity index (χ0n) is 15.9. The van der Waals surface area contributed by atoms with E-state index >= 15 is 0 Å². The zero-order valence-corrected chi connectivity index (χ0v) is 17.5. The molecule has 1 aromatic carbocycles. The Hall–Kier alpha value is -2.98. The van der Waals surface area contributed by atoms with Gasteiger partial charge in [-0.3, -0.25) is 4.79 Å². The molecule has 0 atom stereocenters. The summed E-state index contributed by atoms with van der Waals surface area (Å²) in [6, 6.07) is 7.20. The van der Waals surface area contributed by atoms with E-state index < -0.39 is 5.69 Å². The summed E-state index contributed by atoms with van der Waals surface area (Å²) in [6.45, 7) is 2.13. The quantitative estimate of drug-likeness (QED) is 0.507. The summed E-state index contributed by atoms with van der Waals surface area (Å²) in [5.74, 6) is -0.304. The first-order valence-corrected chi connectivity index (χ1v) is 10.8. The van der Waals surface area contributed by atoms with Crippen molar-refractivity contribution < 1.29 is 4.79 Å². The van der Waals surface area contributed by atoms with Crippen molar-refractivity contribution in [2.75, 3.05) is 18.0 Å². The van der Waals surface area contributed by atoms with Gasteiger partial charge in [-0.1, -0.05) is 35.1 Å². The molecule has 1 fully saturated rings. The number of fused-ring (bicyclic) bond motifs is 3. The molecule has 0 bridgehead atoms. The molecule has 4 heterocycles. The van der Waals surface area contributed by atoms with Crippen LogP contribution in [0, 0.1) is 0 Å². The lowest BCUT2D eigenvalue weighted by Crippen LogP contribution is -2.32. The van der Waals surface area contributed by atoms with Gasteiger partial charge in [-0.15, -0.1) is 5.10 Å². The van der Waals surface area contributed by atoms with Crippen LogP contribution >= 0.6 is 22.9 Å². The summed E-state index contributed by atoms with van der Waals surface area (Å²) >= 11 is 7.35. The van der Waals surface area contributed by atoms with E-state index in [1.807, 2.05) is 12.1 Å². The van der Waals surface area contributed by atoms with Crippen LogP contribution in [0.4, 0.5) is 5.13 Å². The Labute approximate surface area is 179 Å². The van der Waals surface area contributed by atoms with E-state index in [9.17, 15) is 9.59 Å². The van der Waals surface area contributed by atoms with Crippen molar-refractivity contribution in [3.8, 4) is 0 Å². The van der Waals surface area contributed by atoms with Crippen molar-refractivity contribution in [2.45, 2.75) is 25.9 Å². The minimum Gasteiger partial charge on any atom is -0.350 e. The molecule has 0 aliphatic carbocycles. The first-order valence-electron chi connectivity index (χ1n) is 9.59. The first-order chi connectivity index (χ1) is 14.6. The van der Waals surface area contributed by atoms with Crippen LogP contribution in [0.5, 0.6) is 0 Å². The smallest absolute Gasteiger partial charge is 0.350 e. The van der Waals surface area contributed by atoms with Crippen LogP contribution in [0.2, 0.25) is 5.02 Å². The second-order valence-electron chi connectivity index (χ2n) is 7.12. The van der Waals surface area contributed by atoms with Crippen LogP contribution in [-0.2, 0) is 17.9 Å². The normalized spacial score (nSPS) is 14.1. The summed E-state index contributed by atoms with van der Waals surface area (Å²) in [6.07, 6.45) is 3.72. The standard InChI is InChI=1S/C19H18ClN7O2S/c20-13-5-3-12(4-6-13)9-21-14(28)10-27-19(29)26-11-22-16-15(17(26)24-27)30-18(23-16)25-7-1-2-8-25/h3-6,11H,1-2,7-10H2,(H,21,28). The van der Waals surface area contributed by atoms with E-state index in [1.54, 1.807) is 12.1 Å². The van der Waals surface area contributed by atoms with Crippen LogP contribution in [0.25, 0.3) is 16.0 Å². The number of amides is 1. The first kappa shape index (κ1) is 19.0. The molecule has 0 radical (unpaired) electrons. The molecule has 3 aromatic heterocycles. The number of carbonyl (C=O) groups excluding carboxylic acids is 1. The molecule has 5 rings (SSSR count). The van der Waals surface area contributed by atoms with E-state index in [0.717, 1.165) is 46.0 Å². The van der Waals surface area contributed by atoms with E-state index in [2.05, 4.69) is 25.3 Å². The molecular weight excluding hydrogens is 426 g/mol. The topological polar surface area (TPSA) is 97.4 Å². The highest BCUT2D eigenvalue weighted by atomic mass is 35.5. The number of carbonyl (C=O) groups is 1. The second kappa shape index (κ2) is 7.69. The number of thiazole rings is 1. The Balaban J connectivity index is 1.38. The third-order valence-corrected chi connectivity index (χ3v) is 6.39. The summed E-state index contributed by atoms with van der Waals surface area (Å²) in [4.78, 5) is 36.2. The number of halogens is 1. The van der Waals surface area contributed by atoms with E-state index in [0.29, 0.717) is 22.9 Å². The van der Waals surface area contributed by atoms with Gasteiger partial charge in [-0.25, -0.2) is 18.9 Å². The number of anilines is 1. The number of nitrogens with one attached hydrogen (secondary N) is 1. The van der Waals surface area contributed by atoms with Gasteiger partial charge in [0.2, 0.25) is 5.91 Å². The summed E-state index contributed by atoms with van der Waals surface area (Å²) in [5.41, 5.74) is 1.55. The molecule has 4 aromatic rings. The Kier molecular flexibility index (Phi) is 4.87. The molecule has 11 heteroatoms. The lowest BCUT2D eigenvalue weighted by molar-refractivity contribution is -0.122. The Morgan fingerprint density at radius 3 is 2.73 bits per heavy atom. The largest absolute Gasteiger partial charge is 0.352 e. The van der Waals surface area contributed by atoms with Crippen LogP contribution in [0.3, 0.4) is 0 Å². The van der Waals surface area contributed by atoms with Crippen molar-refractivity contribution in [3.05, 3.63) is 51.7 Å². The van der Waals surface area contributed by atoms with Crippen molar-refractivity contribution in [3.63, 3.8) is 0 Å². The van der Waals surface area contributed by atoms with Gasteiger partial charge in [-0.05, 0) is 30.5 Å². The highest BCUT2D eigenvalue weighted by Gasteiger charge is 2.20. The SMILES string of the molecule is O=C(Cn1nc2c3sc(N4CCCC4)nc3ncn2c1=O)NCc1ccc(Cl)cc1. The predicted octanol–water partition coefficient (Wildman–Crippen LogP) is 2.07. The molecule has 1 saturated heterocycles. The van der Waals surface area contributed by atoms with Gasteiger partial charge in [-0.2, -0.15) is 4.98 Å². The Morgan fingerprint density at radius 2 is 1.97 bits per heavy atom. The van der Waals surface area contributed by atoms with Gasteiger partial charge >= 0.3 is 5.69 Å². The number of nitrogens with zero attached hydrogens (tertiary/aromatic N) is 6. The fourth-order valence-corrected chi connectivity index (χ4v) is 4.64. The molecule has 0 saturated carbocycles. The van der Waals surface area contributed by atoms with Gasteiger partial charge in [0, 0.05) is 24.7 Å². The van der Waals surface area contributed by atoms with Crippen molar-refractivity contribution in [2.24, 2.45) is 0 Å². The summed E-state index contributed by atoms with van der Waals surface area (Å²) < 4.78 is 3.26. The molecule has 1 aliphatic rings. The van der Waals surface area contributed by atoms with Gasteiger partial charge in [0.1, 0.15) is 17.6 Å². The Morgan fingerprint density at radius 1 is 1.20 bits per heavy atom. The summed E-state index contributed by atoms with van der Waals surface area (Å²) in [5, 5.41) is 8.71. The molecule has 1 amide bonds. The lowest BCUT2D eigenvalue weighted by Gasteiger charge is -2.11. The maximum atomic E-state index is 12.7. The molecule has 1 N–H and O–H groups in total. The second-order valence-corrected chi connectivity index (χ2v) is 8.54. The van der Waals surface area contributed by atoms with Crippen molar-refractivity contribution in [1.82, 2.24) is 29.5 Å². The minimum atomic E-state index is -0.405. The van der Waals surface area contributed by atoms with Crippen LogP contribution < -0.4 is 15.9 Å². The van der Waals surface area contributed by atoms with Crippen LogP contribution in [0.15, 0.2) is 35.4 Å². The maximum absolute atomic E-state index is 12.7. The third kappa shape index (κ3) is 3.52. The summed E-state index contributed by atoms with van der Waals surface area (Å²) in [7, 11) is 0. The Bertz CT molecular complexity index is 1290. The molecule has 0 spiro atoms.